The summed E-state index contributed by atoms with van der Waals surface area (Å²) in [7, 11) is -3.43. The molecule has 2 rings (SSSR count). The molecule has 0 aromatic carbocycles. The molecule has 6 heteroatoms. The fourth-order valence-corrected chi connectivity index (χ4v) is 4.92. The maximum Gasteiger partial charge on any atom is 0.255 e. The number of hydrogen-bond donors (Lipinski definition) is 0. The first-order valence-electron chi connectivity index (χ1n) is 5.05. The minimum atomic E-state index is -3.43. The summed E-state index contributed by atoms with van der Waals surface area (Å²) in [4.78, 5) is 0. The van der Waals surface area contributed by atoms with Crippen molar-refractivity contribution in [3.63, 3.8) is 0 Å². The molecule has 1 aromatic heterocycles. The van der Waals surface area contributed by atoms with E-state index in [1.54, 1.807) is 24.4 Å². The molecule has 16 heavy (non-hydrogen) atoms. The largest absolute Gasteiger partial charge is 0.360 e. The summed E-state index contributed by atoms with van der Waals surface area (Å²) in [5, 5.41) is 1.77. The van der Waals surface area contributed by atoms with E-state index < -0.39 is 21.8 Å². The van der Waals surface area contributed by atoms with Crippen LogP contribution < -0.4 is 0 Å². The summed E-state index contributed by atoms with van der Waals surface area (Å²) >= 11 is 1.23. The maximum absolute atomic E-state index is 12.4. The van der Waals surface area contributed by atoms with Gasteiger partial charge in [-0.2, -0.15) is 4.31 Å². The number of thiophene rings is 1. The summed E-state index contributed by atoms with van der Waals surface area (Å²) in [5.74, 6) is 0. The van der Waals surface area contributed by atoms with Crippen LogP contribution >= 0.6 is 11.3 Å². The monoisotopic (exact) mass is 261 g/mol. The second-order valence-electron chi connectivity index (χ2n) is 4.46. The first-order valence-corrected chi connectivity index (χ1v) is 7.37. The van der Waals surface area contributed by atoms with Gasteiger partial charge in [-0.25, -0.2) is 8.42 Å². The number of rotatable bonds is 2. The molecule has 1 unspecified atom stereocenters. The molecule has 0 radical (unpaired) electrons. The van der Waals surface area contributed by atoms with Crippen LogP contribution in [0.4, 0.5) is 0 Å². The highest BCUT2D eigenvalue weighted by Gasteiger charge is 2.46. The van der Waals surface area contributed by atoms with Crippen LogP contribution in [0.15, 0.2) is 21.7 Å². The van der Waals surface area contributed by atoms with Gasteiger partial charge < -0.3 is 4.74 Å². The van der Waals surface area contributed by atoms with Crippen molar-refractivity contribution in [3.8, 4) is 0 Å². The Bertz CT molecular complexity index is 464. The molecular weight excluding hydrogens is 246 g/mol. The molecule has 2 heterocycles. The SMILES string of the molecule is CC1OCC(C)(C)N1S(=O)(=O)c1cccs1. The third kappa shape index (κ3) is 1.79. The molecule has 1 aliphatic rings. The lowest BCUT2D eigenvalue weighted by molar-refractivity contribution is 0.0844. The van der Waals surface area contributed by atoms with Gasteiger partial charge in [0.15, 0.2) is 0 Å². The predicted octanol–water partition coefficient (Wildman–Crippen LogP) is 1.89. The highest BCUT2D eigenvalue weighted by Crippen LogP contribution is 2.34. The van der Waals surface area contributed by atoms with E-state index in [0.29, 0.717) is 10.8 Å². The highest BCUT2D eigenvalue weighted by molar-refractivity contribution is 7.91. The zero-order valence-electron chi connectivity index (χ0n) is 9.50. The topological polar surface area (TPSA) is 46.6 Å². The number of ether oxygens (including phenoxy) is 1. The van der Waals surface area contributed by atoms with Gasteiger partial charge in [0, 0.05) is 0 Å². The summed E-state index contributed by atoms with van der Waals surface area (Å²) in [6.07, 6.45) is -0.401. The van der Waals surface area contributed by atoms with E-state index in [2.05, 4.69) is 0 Å². The Hall–Kier alpha value is -0.430. The molecular formula is C10H15NO3S2. The zero-order valence-corrected chi connectivity index (χ0v) is 11.1. The van der Waals surface area contributed by atoms with Crippen molar-refractivity contribution in [2.45, 2.75) is 36.7 Å². The molecule has 90 valence electrons. The molecule has 1 saturated heterocycles. The van der Waals surface area contributed by atoms with E-state index in [-0.39, 0.29) is 0 Å². The Morgan fingerprint density at radius 3 is 2.69 bits per heavy atom. The van der Waals surface area contributed by atoms with Crippen LogP contribution in [0.3, 0.4) is 0 Å². The normalized spacial score (nSPS) is 26.1. The zero-order chi connectivity index (χ0) is 12.0. The van der Waals surface area contributed by atoms with Crippen LogP contribution in [0.1, 0.15) is 20.8 Å². The lowest BCUT2D eigenvalue weighted by Gasteiger charge is -2.30. The predicted molar refractivity (Wildman–Crippen MR) is 62.8 cm³/mol. The van der Waals surface area contributed by atoms with Crippen LogP contribution in [0, 0.1) is 0 Å². The summed E-state index contributed by atoms with van der Waals surface area (Å²) < 4.78 is 32.0. The van der Waals surface area contributed by atoms with E-state index in [1.165, 1.54) is 15.6 Å². The molecule has 0 spiro atoms. The fourth-order valence-electron chi connectivity index (χ4n) is 1.98. The lowest BCUT2D eigenvalue weighted by Crippen LogP contribution is -2.46. The average molecular weight is 261 g/mol. The van der Waals surface area contributed by atoms with Crippen LogP contribution in [-0.2, 0) is 14.8 Å². The molecule has 0 amide bonds. The van der Waals surface area contributed by atoms with E-state index >= 15 is 0 Å². The Morgan fingerprint density at radius 1 is 1.56 bits per heavy atom. The van der Waals surface area contributed by atoms with E-state index in [1.807, 2.05) is 13.8 Å². The van der Waals surface area contributed by atoms with Gasteiger partial charge in [-0.3, -0.25) is 0 Å². The molecule has 1 fully saturated rings. The minimum Gasteiger partial charge on any atom is -0.360 e. The van der Waals surface area contributed by atoms with Crippen molar-refractivity contribution in [3.05, 3.63) is 17.5 Å². The van der Waals surface area contributed by atoms with E-state index in [4.69, 9.17) is 4.74 Å². The van der Waals surface area contributed by atoms with Gasteiger partial charge in [0.1, 0.15) is 10.4 Å². The number of sulfonamides is 1. The van der Waals surface area contributed by atoms with Gasteiger partial charge in [-0.15, -0.1) is 11.3 Å². The Labute approximate surface area is 99.9 Å². The van der Waals surface area contributed by atoms with Crippen molar-refractivity contribution < 1.29 is 13.2 Å². The molecule has 1 atom stereocenters. The molecule has 1 aromatic rings. The third-order valence-electron chi connectivity index (χ3n) is 2.61. The third-order valence-corrected chi connectivity index (χ3v) is 6.15. The lowest BCUT2D eigenvalue weighted by atomic mass is 10.1. The van der Waals surface area contributed by atoms with Crippen LogP contribution in [0.5, 0.6) is 0 Å². The second kappa shape index (κ2) is 3.80. The molecule has 0 N–H and O–H groups in total. The molecule has 0 aliphatic carbocycles. The van der Waals surface area contributed by atoms with Gasteiger partial charge in [-0.05, 0) is 32.2 Å². The van der Waals surface area contributed by atoms with Crippen molar-refractivity contribution in [1.82, 2.24) is 4.31 Å². The Morgan fingerprint density at radius 2 is 2.25 bits per heavy atom. The summed E-state index contributed by atoms with van der Waals surface area (Å²) in [6, 6.07) is 3.37. The first kappa shape index (κ1) is 12.0. The maximum atomic E-state index is 12.4. The molecule has 1 aliphatic heterocycles. The smallest absolute Gasteiger partial charge is 0.255 e. The number of hydrogen-bond acceptors (Lipinski definition) is 4. The van der Waals surface area contributed by atoms with Gasteiger partial charge in [0.2, 0.25) is 0 Å². The van der Waals surface area contributed by atoms with E-state index in [0.717, 1.165) is 0 Å². The first-order chi connectivity index (χ1) is 7.36. The molecule has 0 saturated carbocycles. The Balaban J connectivity index is 2.45. The van der Waals surface area contributed by atoms with Crippen molar-refractivity contribution in [1.29, 1.82) is 0 Å². The highest BCUT2D eigenvalue weighted by atomic mass is 32.2. The van der Waals surface area contributed by atoms with Crippen LogP contribution in [-0.4, -0.2) is 31.1 Å². The van der Waals surface area contributed by atoms with Crippen LogP contribution in [0.25, 0.3) is 0 Å². The van der Waals surface area contributed by atoms with Crippen molar-refractivity contribution in [2.75, 3.05) is 6.61 Å². The van der Waals surface area contributed by atoms with Crippen LogP contribution in [0.2, 0.25) is 0 Å². The van der Waals surface area contributed by atoms with Crippen molar-refractivity contribution in [2.24, 2.45) is 0 Å². The van der Waals surface area contributed by atoms with Gasteiger partial charge >= 0.3 is 0 Å². The number of nitrogens with zero attached hydrogens (tertiary/aromatic N) is 1. The molecule has 0 bridgehead atoms. The second-order valence-corrected chi connectivity index (χ2v) is 7.45. The average Bonchev–Trinajstić information content (AvgIpc) is 2.73. The summed E-state index contributed by atoms with van der Waals surface area (Å²) in [6.45, 7) is 5.95. The van der Waals surface area contributed by atoms with Gasteiger partial charge in [-0.1, -0.05) is 6.07 Å². The quantitative estimate of drug-likeness (QED) is 0.817. The minimum absolute atomic E-state index is 0.373. The van der Waals surface area contributed by atoms with E-state index in [9.17, 15) is 8.42 Å². The van der Waals surface area contributed by atoms with Crippen molar-refractivity contribution >= 4 is 21.4 Å². The Kier molecular flexibility index (Phi) is 2.86. The van der Waals surface area contributed by atoms with Gasteiger partial charge in [0.25, 0.3) is 10.0 Å². The fraction of sp³-hybridized carbons (Fsp3) is 0.600. The molecule has 4 nitrogen and oxygen atoms in total. The summed E-state index contributed by atoms with van der Waals surface area (Å²) in [5.41, 5.74) is -0.484. The standard InChI is InChI=1S/C10H15NO3S2/c1-8-11(10(2,3)7-14-8)16(12,13)9-5-4-6-15-9/h4-6,8H,7H2,1-3H3. The van der Waals surface area contributed by atoms with Gasteiger partial charge in [0.05, 0.1) is 12.1 Å².